The van der Waals surface area contributed by atoms with Crippen LogP contribution in [-0.4, -0.2) is 23.0 Å². The van der Waals surface area contributed by atoms with E-state index in [1.54, 1.807) is 30.6 Å². The van der Waals surface area contributed by atoms with Crippen molar-refractivity contribution in [2.45, 2.75) is 0 Å². The van der Waals surface area contributed by atoms with Gasteiger partial charge in [0, 0.05) is 23.5 Å². The molecule has 5 heteroatoms. The monoisotopic (exact) mass is 248 g/mol. The second kappa shape index (κ2) is 4.93. The van der Waals surface area contributed by atoms with Crippen molar-refractivity contribution in [1.82, 2.24) is 9.97 Å². The Hall–Kier alpha value is -1.94. The Bertz CT molecular complexity index is 543. The van der Waals surface area contributed by atoms with E-state index in [1.807, 2.05) is 6.07 Å². The molecule has 2 heterocycles. The average Bonchev–Trinajstić information content (AvgIpc) is 2.38. The van der Waals surface area contributed by atoms with Crippen LogP contribution in [0.15, 0.2) is 36.7 Å². The van der Waals surface area contributed by atoms with Crippen LogP contribution in [0.1, 0.15) is 10.5 Å². The standard InChI is InChI=1S/C12H9ClN2O2/c1-17-12(16)10-5-4-9(11(13)15-10)8-3-2-6-14-7-8/h2-7H,1H3. The van der Waals surface area contributed by atoms with Crippen molar-refractivity contribution in [1.29, 1.82) is 0 Å². The predicted octanol–water partition coefficient (Wildman–Crippen LogP) is 2.58. The Morgan fingerprint density at radius 2 is 2.18 bits per heavy atom. The molecule has 0 bridgehead atoms. The molecule has 0 saturated carbocycles. The molecule has 0 fully saturated rings. The lowest BCUT2D eigenvalue weighted by Gasteiger charge is -2.04. The van der Waals surface area contributed by atoms with E-state index in [9.17, 15) is 4.79 Å². The first-order valence-corrected chi connectivity index (χ1v) is 5.25. The van der Waals surface area contributed by atoms with Crippen LogP contribution in [0.3, 0.4) is 0 Å². The SMILES string of the molecule is COC(=O)c1ccc(-c2cccnc2)c(Cl)n1. The first kappa shape index (κ1) is 11.5. The summed E-state index contributed by atoms with van der Waals surface area (Å²) in [6.07, 6.45) is 3.36. The number of carbonyl (C=O) groups excluding carboxylic acids is 1. The summed E-state index contributed by atoms with van der Waals surface area (Å²) in [4.78, 5) is 19.2. The number of pyridine rings is 2. The van der Waals surface area contributed by atoms with E-state index >= 15 is 0 Å². The van der Waals surface area contributed by atoms with Gasteiger partial charge >= 0.3 is 5.97 Å². The highest BCUT2D eigenvalue weighted by molar-refractivity contribution is 6.32. The third kappa shape index (κ3) is 2.42. The Kier molecular flexibility index (Phi) is 3.35. The molecule has 0 unspecified atom stereocenters. The van der Waals surface area contributed by atoms with Gasteiger partial charge in [-0.1, -0.05) is 17.7 Å². The van der Waals surface area contributed by atoms with Crippen LogP contribution in [0, 0.1) is 0 Å². The summed E-state index contributed by atoms with van der Waals surface area (Å²) in [5.41, 5.74) is 1.76. The van der Waals surface area contributed by atoms with Gasteiger partial charge in [-0.25, -0.2) is 9.78 Å². The van der Waals surface area contributed by atoms with E-state index < -0.39 is 5.97 Å². The van der Waals surface area contributed by atoms with Crippen LogP contribution in [0.25, 0.3) is 11.1 Å². The molecule has 0 saturated heterocycles. The highest BCUT2D eigenvalue weighted by Gasteiger charge is 2.11. The minimum Gasteiger partial charge on any atom is -0.464 e. The third-order valence-electron chi connectivity index (χ3n) is 2.22. The number of esters is 1. The van der Waals surface area contributed by atoms with Crippen molar-refractivity contribution >= 4 is 17.6 Å². The molecule has 0 N–H and O–H groups in total. The van der Waals surface area contributed by atoms with E-state index in [0.29, 0.717) is 0 Å². The van der Waals surface area contributed by atoms with E-state index in [2.05, 4.69) is 14.7 Å². The number of hydrogen-bond acceptors (Lipinski definition) is 4. The van der Waals surface area contributed by atoms with Crippen LogP contribution in [0.5, 0.6) is 0 Å². The molecule has 2 aromatic rings. The summed E-state index contributed by atoms with van der Waals surface area (Å²) in [6.45, 7) is 0. The molecule has 0 radical (unpaired) electrons. The number of aromatic nitrogens is 2. The van der Waals surface area contributed by atoms with Crippen LogP contribution in [0.4, 0.5) is 0 Å². The summed E-state index contributed by atoms with van der Waals surface area (Å²) in [5, 5.41) is 0.251. The van der Waals surface area contributed by atoms with E-state index in [0.717, 1.165) is 11.1 Å². The number of methoxy groups -OCH3 is 1. The van der Waals surface area contributed by atoms with Crippen LogP contribution >= 0.6 is 11.6 Å². The van der Waals surface area contributed by atoms with Crippen molar-refractivity contribution in [3.8, 4) is 11.1 Å². The van der Waals surface area contributed by atoms with E-state index in [1.165, 1.54) is 7.11 Å². The second-order valence-electron chi connectivity index (χ2n) is 3.27. The maximum absolute atomic E-state index is 11.3. The molecule has 0 aliphatic rings. The molecule has 17 heavy (non-hydrogen) atoms. The fourth-order valence-electron chi connectivity index (χ4n) is 1.39. The van der Waals surface area contributed by atoms with Crippen LogP contribution in [0.2, 0.25) is 5.15 Å². The minimum absolute atomic E-state index is 0.185. The Morgan fingerprint density at radius 1 is 1.35 bits per heavy atom. The first-order valence-electron chi connectivity index (χ1n) is 4.87. The van der Waals surface area contributed by atoms with Crippen LogP contribution in [-0.2, 0) is 4.74 Å². The summed E-state index contributed by atoms with van der Waals surface area (Å²) in [5.74, 6) is -0.510. The lowest BCUT2D eigenvalue weighted by atomic mass is 10.1. The van der Waals surface area contributed by atoms with Crippen molar-refractivity contribution in [2.24, 2.45) is 0 Å². The van der Waals surface area contributed by atoms with Gasteiger partial charge in [0.2, 0.25) is 0 Å². The molecule has 4 nitrogen and oxygen atoms in total. The minimum atomic E-state index is -0.510. The topological polar surface area (TPSA) is 52.1 Å². The molecular formula is C12H9ClN2O2. The highest BCUT2D eigenvalue weighted by Crippen LogP contribution is 2.25. The van der Waals surface area contributed by atoms with Crippen molar-refractivity contribution < 1.29 is 9.53 Å². The molecule has 86 valence electrons. The Balaban J connectivity index is 2.42. The number of hydrogen-bond donors (Lipinski definition) is 0. The molecule has 0 spiro atoms. The van der Waals surface area contributed by atoms with E-state index in [4.69, 9.17) is 11.6 Å². The van der Waals surface area contributed by atoms with Gasteiger partial charge in [-0.2, -0.15) is 0 Å². The molecule has 0 aliphatic heterocycles. The molecule has 0 amide bonds. The van der Waals surface area contributed by atoms with Gasteiger partial charge in [0.1, 0.15) is 10.8 Å². The normalized spacial score (nSPS) is 10.0. The summed E-state index contributed by atoms with van der Waals surface area (Å²) in [7, 11) is 1.30. The smallest absolute Gasteiger partial charge is 0.356 e. The Labute approximate surface area is 103 Å². The fourth-order valence-corrected chi connectivity index (χ4v) is 1.65. The van der Waals surface area contributed by atoms with Crippen LogP contribution < -0.4 is 0 Å². The zero-order valence-electron chi connectivity index (χ0n) is 9.05. The summed E-state index contributed by atoms with van der Waals surface area (Å²) < 4.78 is 4.56. The average molecular weight is 249 g/mol. The molecule has 2 aromatic heterocycles. The maximum Gasteiger partial charge on any atom is 0.356 e. The van der Waals surface area contributed by atoms with Crippen molar-refractivity contribution in [2.75, 3.05) is 7.11 Å². The predicted molar refractivity (Wildman–Crippen MR) is 63.8 cm³/mol. The van der Waals surface area contributed by atoms with Gasteiger partial charge in [0.25, 0.3) is 0 Å². The Morgan fingerprint density at radius 3 is 2.76 bits per heavy atom. The van der Waals surface area contributed by atoms with Gasteiger partial charge in [-0.05, 0) is 18.2 Å². The lowest BCUT2D eigenvalue weighted by Crippen LogP contribution is -2.04. The number of nitrogens with zero attached hydrogens (tertiary/aromatic N) is 2. The molecule has 0 aliphatic carbocycles. The number of rotatable bonds is 2. The summed E-state index contributed by atoms with van der Waals surface area (Å²) in [6, 6.07) is 6.96. The number of ether oxygens (including phenoxy) is 1. The highest BCUT2D eigenvalue weighted by atomic mass is 35.5. The number of carbonyl (C=O) groups is 1. The van der Waals surface area contributed by atoms with Gasteiger partial charge in [-0.15, -0.1) is 0 Å². The largest absolute Gasteiger partial charge is 0.464 e. The maximum atomic E-state index is 11.3. The van der Waals surface area contributed by atoms with Gasteiger partial charge < -0.3 is 4.74 Å². The zero-order valence-corrected chi connectivity index (χ0v) is 9.81. The van der Waals surface area contributed by atoms with Crippen molar-refractivity contribution in [3.05, 3.63) is 47.5 Å². The first-order chi connectivity index (χ1) is 8.22. The molecule has 0 aromatic carbocycles. The quantitative estimate of drug-likeness (QED) is 0.606. The molecular weight excluding hydrogens is 240 g/mol. The van der Waals surface area contributed by atoms with Gasteiger partial charge in [0.15, 0.2) is 0 Å². The zero-order chi connectivity index (χ0) is 12.3. The molecule has 0 atom stereocenters. The lowest BCUT2D eigenvalue weighted by molar-refractivity contribution is 0.0594. The van der Waals surface area contributed by atoms with Gasteiger partial charge in [0.05, 0.1) is 7.11 Å². The third-order valence-corrected chi connectivity index (χ3v) is 2.50. The summed E-state index contributed by atoms with van der Waals surface area (Å²) >= 11 is 6.02. The van der Waals surface area contributed by atoms with Gasteiger partial charge in [-0.3, -0.25) is 4.98 Å². The fraction of sp³-hybridized carbons (Fsp3) is 0.0833. The van der Waals surface area contributed by atoms with E-state index in [-0.39, 0.29) is 10.8 Å². The second-order valence-corrected chi connectivity index (χ2v) is 3.63. The van der Waals surface area contributed by atoms with Crippen molar-refractivity contribution in [3.63, 3.8) is 0 Å². The number of halogens is 1. The molecule has 2 rings (SSSR count).